The van der Waals surface area contributed by atoms with E-state index in [9.17, 15) is 9.59 Å². The van der Waals surface area contributed by atoms with Crippen LogP contribution in [0.2, 0.25) is 5.02 Å². The van der Waals surface area contributed by atoms with Gasteiger partial charge in [0.2, 0.25) is 0 Å². The molecule has 9 heteroatoms. The number of nitrogens with zero attached hydrogens (tertiary/aromatic N) is 1. The number of halogens is 3. The number of nitrogens with one attached hydrogen (secondary N) is 1. The van der Waals surface area contributed by atoms with Crippen LogP contribution < -0.4 is 15.0 Å². The molecule has 1 heterocycles. The molecule has 2 amide bonds. The zero-order valence-corrected chi connectivity index (χ0v) is 21.6. The molecule has 0 spiro atoms. The fourth-order valence-corrected chi connectivity index (χ4v) is 4.76. The average Bonchev–Trinajstić information content (AvgIpc) is 2.77. The highest BCUT2D eigenvalue weighted by Gasteiger charge is 2.34. The number of thiocarbonyl (C=S) groups is 1. The van der Waals surface area contributed by atoms with Crippen LogP contribution in [0.1, 0.15) is 11.1 Å². The topological polar surface area (TPSA) is 58.6 Å². The van der Waals surface area contributed by atoms with Gasteiger partial charge in [-0.25, -0.2) is 0 Å². The standard InChI is InChI=1S/C24H15Br2ClN2O3S/c25-16-7-6-15(21(26)11-16)13-32-19-8-4-14(5-9-19)10-20-22(30)28-24(33)29(23(20)31)18-3-1-2-17(27)12-18/h1-12H,13H2,(H,28,30,33). The number of carbonyl (C=O) groups is 2. The summed E-state index contributed by atoms with van der Waals surface area (Å²) < 4.78 is 7.77. The molecule has 0 atom stereocenters. The van der Waals surface area contributed by atoms with E-state index in [0.29, 0.717) is 28.6 Å². The Morgan fingerprint density at radius 2 is 1.79 bits per heavy atom. The minimum atomic E-state index is -0.552. The highest BCUT2D eigenvalue weighted by molar-refractivity contribution is 9.11. The largest absolute Gasteiger partial charge is 0.489 e. The maximum atomic E-state index is 13.1. The van der Waals surface area contributed by atoms with Crippen molar-refractivity contribution in [3.63, 3.8) is 0 Å². The summed E-state index contributed by atoms with van der Waals surface area (Å²) in [6.45, 7) is 0.390. The van der Waals surface area contributed by atoms with Crippen molar-refractivity contribution in [1.82, 2.24) is 5.32 Å². The first kappa shape index (κ1) is 23.6. The van der Waals surface area contributed by atoms with Gasteiger partial charge in [-0.1, -0.05) is 67.7 Å². The lowest BCUT2D eigenvalue weighted by Crippen LogP contribution is -2.54. The Morgan fingerprint density at radius 1 is 1.03 bits per heavy atom. The van der Waals surface area contributed by atoms with Gasteiger partial charge in [0.1, 0.15) is 17.9 Å². The molecule has 1 N–H and O–H groups in total. The van der Waals surface area contributed by atoms with Gasteiger partial charge in [0.05, 0.1) is 5.69 Å². The van der Waals surface area contributed by atoms with Gasteiger partial charge < -0.3 is 4.74 Å². The van der Waals surface area contributed by atoms with Crippen LogP contribution in [0.15, 0.2) is 81.2 Å². The van der Waals surface area contributed by atoms with E-state index in [4.69, 9.17) is 28.6 Å². The van der Waals surface area contributed by atoms with Crippen molar-refractivity contribution >= 4 is 84.4 Å². The summed E-state index contributed by atoms with van der Waals surface area (Å²) in [5.74, 6) is -0.414. The third-order valence-electron chi connectivity index (χ3n) is 4.77. The first-order chi connectivity index (χ1) is 15.8. The molecular weight excluding hydrogens is 592 g/mol. The maximum absolute atomic E-state index is 13.1. The second-order valence-electron chi connectivity index (χ2n) is 7.03. The first-order valence-electron chi connectivity index (χ1n) is 9.65. The number of anilines is 1. The molecule has 0 saturated carbocycles. The molecule has 4 rings (SSSR count). The normalized spacial score (nSPS) is 15.1. The van der Waals surface area contributed by atoms with Gasteiger partial charge in [-0.15, -0.1) is 0 Å². The Bertz CT molecular complexity index is 1300. The van der Waals surface area contributed by atoms with E-state index in [0.717, 1.165) is 14.5 Å². The minimum Gasteiger partial charge on any atom is -0.489 e. The number of ether oxygens (including phenoxy) is 1. The molecule has 166 valence electrons. The zero-order valence-electron chi connectivity index (χ0n) is 16.8. The van der Waals surface area contributed by atoms with E-state index in [1.165, 1.54) is 11.0 Å². The predicted molar refractivity (Wildman–Crippen MR) is 140 cm³/mol. The van der Waals surface area contributed by atoms with Gasteiger partial charge in [-0.2, -0.15) is 0 Å². The average molecular weight is 607 g/mol. The van der Waals surface area contributed by atoms with Gasteiger partial charge in [-0.3, -0.25) is 19.8 Å². The second-order valence-corrected chi connectivity index (χ2v) is 9.62. The molecule has 0 aromatic heterocycles. The van der Waals surface area contributed by atoms with Crippen molar-refractivity contribution in [2.75, 3.05) is 4.90 Å². The Balaban J connectivity index is 1.52. The third kappa shape index (κ3) is 5.52. The van der Waals surface area contributed by atoms with Crippen LogP contribution in [0.4, 0.5) is 5.69 Å². The van der Waals surface area contributed by atoms with Crippen LogP contribution in [0.5, 0.6) is 5.75 Å². The Labute approximate surface area is 217 Å². The van der Waals surface area contributed by atoms with Crippen LogP contribution in [0.25, 0.3) is 6.08 Å². The molecule has 3 aromatic rings. The van der Waals surface area contributed by atoms with Gasteiger partial charge in [0, 0.05) is 19.5 Å². The quantitative estimate of drug-likeness (QED) is 0.211. The number of carbonyl (C=O) groups excluding carboxylic acids is 2. The second kappa shape index (κ2) is 10.2. The number of hydrogen-bond acceptors (Lipinski definition) is 4. The number of hydrogen-bond donors (Lipinski definition) is 1. The molecule has 1 aliphatic rings. The summed E-state index contributed by atoms with van der Waals surface area (Å²) in [6.07, 6.45) is 1.52. The van der Waals surface area contributed by atoms with Gasteiger partial charge in [0.15, 0.2) is 5.11 Å². The van der Waals surface area contributed by atoms with Gasteiger partial charge in [-0.05, 0) is 66.3 Å². The maximum Gasteiger partial charge on any atom is 0.270 e. The van der Waals surface area contributed by atoms with E-state index < -0.39 is 11.8 Å². The molecular formula is C24H15Br2ClN2O3S. The van der Waals surface area contributed by atoms with Crippen molar-refractivity contribution in [3.05, 3.63) is 97.4 Å². The van der Waals surface area contributed by atoms with Crippen molar-refractivity contribution in [2.45, 2.75) is 6.61 Å². The Kier molecular flexibility index (Phi) is 7.29. The molecule has 33 heavy (non-hydrogen) atoms. The van der Waals surface area contributed by atoms with Crippen LogP contribution in [-0.4, -0.2) is 16.9 Å². The molecule has 0 aliphatic carbocycles. The SMILES string of the molecule is O=C1NC(=S)N(c2cccc(Cl)c2)C(=O)C1=Cc1ccc(OCc2ccc(Br)cc2Br)cc1. The number of amides is 2. The molecule has 0 radical (unpaired) electrons. The Morgan fingerprint density at radius 3 is 2.48 bits per heavy atom. The van der Waals surface area contributed by atoms with Crippen LogP contribution in [-0.2, 0) is 16.2 Å². The van der Waals surface area contributed by atoms with Gasteiger partial charge >= 0.3 is 0 Å². The number of rotatable bonds is 5. The van der Waals surface area contributed by atoms with Crippen LogP contribution in [0, 0.1) is 0 Å². The highest BCUT2D eigenvalue weighted by Crippen LogP contribution is 2.26. The summed E-state index contributed by atoms with van der Waals surface area (Å²) in [6, 6.07) is 19.7. The van der Waals surface area contributed by atoms with Crippen molar-refractivity contribution in [3.8, 4) is 5.75 Å². The molecule has 0 unspecified atom stereocenters. The van der Waals surface area contributed by atoms with Crippen LogP contribution in [0.3, 0.4) is 0 Å². The molecule has 0 bridgehead atoms. The van der Waals surface area contributed by atoms with Gasteiger partial charge in [0.25, 0.3) is 11.8 Å². The fraction of sp³-hybridized carbons (Fsp3) is 0.0417. The summed E-state index contributed by atoms with van der Waals surface area (Å²) in [5, 5.41) is 3.02. The summed E-state index contributed by atoms with van der Waals surface area (Å²) in [5.41, 5.74) is 2.12. The lowest BCUT2D eigenvalue weighted by Gasteiger charge is -2.29. The monoisotopic (exact) mass is 604 g/mol. The molecule has 1 aliphatic heterocycles. The fourth-order valence-electron chi connectivity index (χ4n) is 3.13. The molecule has 3 aromatic carbocycles. The first-order valence-corrected chi connectivity index (χ1v) is 12.0. The third-order valence-corrected chi connectivity index (χ3v) is 6.52. The summed E-state index contributed by atoms with van der Waals surface area (Å²) in [4.78, 5) is 26.8. The highest BCUT2D eigenvalue weighted by atomic mass is 79.9. The Hall–Kier alpha value is -2.52. The number of benzene rings is 3. The van der Waals surface area contributed by atoms with E-state index in [2.05, 4.69) is 37.2 Å². The lowest BCUT2D eigenvalue weighted by atomic mass is 10.1. The zero-order chi connectivity index (χ0) is 23.5. The summed E-state index contributed by atoms with van der Waals surface area (Å²) >= 11 is 18.2. The van der Waals surface area contributed by atoms with Crippen molar-refractivity contribution in [1.29, 1.82) is 0 Å². The molecule has 1 saturated heterocycles. The van der Waals surface area contributed by atoms with E-state index in [-0.39, 0.29) is 10.7 Å². The van der Waals surface area contributed by atoms with Crippen LogP contribution >= 0.6 is 55.7 Å². The van der Waals surface area contributed by atoms with E-state index in [1.807, 2.05) is 18.2 Å². The molecule has 5 nitrogen and oxygen atoms in total. The van der Waals surface area contributed by atoms with Crippen molar-refractivity contribution in [2.24, 2.45) is 0 Å². The summed E-state index contributed by atoms with van der Waals surface area (Å²) in [7, 11) is 0. The lowest BCUT2D eigenvalue weighted by molar-refractivity contribution is -0.122. The van der Waals surface area contributed by atoms with Crippen molar-refractivity contribution < 1.29 is 14.3 Å². The smallest absolute Gasteiger partial charge is 0.270 e. The minimum absolute atomic E-state index is 0.00673. The van der Waals surface area contributed by atoms with E-state index in [1.54, 1.807) is 48.5 Å². The van der Waals surface area contributed by atoms with E-state index >= 15 is 0 Å². The predicted octanol–water partition coefficient (Wildman–Crippen LogP) is 6.28. The molecule has 1 fully saturated rings.